The fourth-order valence-electron chi connectivity index (χ4n) is 3.24. The third-order valence-electron chi connectivity index (χ3n) is 4.85. The number of imidazole rings is 1. The number of fused-ring (bicyclic) bond motifs is 1. The highest BCUT2D eigenvalue weighted by molar-refractivity contribution is 5.89. The van der Waals surface area contributed by atoms with E-state index in [0.29, 0.717) is 23.0 Å². The lowest BCUT2D eigenvalue weighted by Gasteiger charge is -2.39. The molecule has 10 nitrogen and oxygen atoms in total. The number of anilines is 2. The van der Waals surface area contributed by atoms with Crippen LogP contribution in [-0.4, -0.2) is 61.2 Å². The van der Waals surface area contributed by atoms with Crippen molar-refractivity contribution in [2.24, 2.45) is 0 Å². The zero-order valence-electron chi connectivity index (χ0n) is 16.0. The molecule has 0 spiro atoms. The van der Waals surface area contributed by atoms with Crippen LogP contribution in [0.1, 0.15) is 11.9 Å². The Morgan fingerprint density at radius 3 is 2.55 bits per heavy atom. The molecule has 1 amide bonds. The van der Waals surface area contributed by atoms with Crippen LogP contribution in [0.15, 0.2) is 48.8 Å². The van der Waals surface area contributed by atoms with Crippen molar-refractivity contribution in [2.75, 3.05) is 24.3 Å². The van der Waals surface area contributed by atoms with E-state index in [2.05, 4.69) is 20.5 Å². The fourth-order valence-corrected chi connectivity index (χ4v) is 3.24. The summed E-state index contributed by atoms with van der Waals surface area (Å²) in [6, 6.07) is 13.1. The van der Waals surface area contributed by atoms with Crippen molar-refractivity contribution in [3.05, 3.63) is 54.5 Å². The Morgan fingerprint density at radius 1 is 1.10 bits per heavy atom. The predicted octanol–water partition coefficient (Wildman–Crippen LogP) is 0.627. The number of aliphatic hydroxyl groups is 2. The van der Waals surface area contributed by atoms with Crippen LogP contribution in [0.2, 0.25) is 0 Å². The average molecular weight is 395 g/mol. The molecule has 3 heterocycles. The molecule has 0 saturated heterocycles. The molecule has 0 aliphatic carbocycles. The molecule has 1 aliphatic rings. The summed E-state index contributed by atoms with van der Waals surface area (Å²) in [5, 5.41) is 31.4. The van der Waals surface area contributed by atoms with Crippen molar-refractivity contribution in [2.45, 2.75) is 19.1 Å². The number of aromatic nitrogens is 4. The average Bonchev–Trinajstić information content (AvgIpc) is 3.15. The van der Waals surface area contributed by atoms with Gasteiger partial charge in [0.15, 0.2) is 24.2 Å². The molecule has 3 aromatic rings. The molecule has 10 heteroatoms. The highest BCUT2D eigenvalue weighted by atomic mass is 16.3. The fraction of sp³-hybridized carbons (Fsp3) is 0.263. The number of benzene rings is 1. The van der Waals surface area contributed by atoms with E-state index < -0.39 is 12.6 Å². The standard InChI is InChI=1S/C19H21N7O3/c1-24-17-16(18(28)25(2)19(24)29)26(11-20-17)10-15(27)21-14-9-8-13(22-23-14)12-6-4-3-5-7-12/h3-9,11,18-19,28-29H,10H2,1-2H3,(H,21,23,27). The Kier molecular flexibility index (Phi) is 4.97. The number of nitrogens with one attached hydrogen (secondary N) is 1. The second kappa shape index (κ2) is 7.59. The summed E-state index contributed by atoms with van der Waals surface area (Å²) in [4.78, 5) is 19.6. The molecule has 29 heavy (non-hydrogen) atoms. The van der Waals surface area contributed by atoms with Crippen LogP contribution in [0.25, 0.3) is 11.3 Å². The van der Waals surface area contributed by atoms with E-state index >= 15 is 0 Å². The van der Waals surface area contributed by atoms with Gasteiger partial charge in [0, 0.05) is 12.6 Å². The van der Waals surface area contributed by atoms with Crippen LogP contribution in [-0.2, 0) is 11.3 Å². The van der Waals surface area contributed by atoms with E-state index in [0.717, 1.165) is 5.56 Å². The van der Waals surface area contributed by atoms with Gasteiger partial charge in [0.2, 0.25) is 5.91 Å². The SMILES string of the molecule is CN1c2ncn(CC(=O)Nc3ccc(-c4ccccc4)nn3)c2C(O)N(C)C1O. The molecule has 1 aromatic carbocycles. The van der Waals surface area contributed by atoms with Gasteiger partial charge in [-0.15, -0.1) is 10.2 Å². The highest BCUT2D eigenvalue weighted by Gasteiger charge is 2.36. The van der Waals surface area contributed by atoms with Gasteiger partial charge < -0.3 is 25.0 Å². The van der Waals surface area contributed by atoms with Gasteiger partial charge in [-0.25, -0.2) is 9.88 Å². The van der Waals surface area contributed by atoms with Crippen molar-refractivity contribution in [1.29, 1.82) is 0 Å². The summed E-state index contributed by atoms with van der Waals surface area (Å²) in [7, 11) is 3.24. The second-order valence-electron chi connectivity index (χ2n) is 6.80. The highest BCUT2D eigenvalue weighted by Crippen LogP contribution is 2.33. The number of rotatable bonds is 4. The van der Waals surface area contributed by atoms with E-state index in [1.807, 2.05) is 30.3 Å². The minimum Gasteiger partial charge on any atom is -0.372 e. The minimum atomic E-state index is -1.09. The van der Waals surface area contributed by atoms with Crippen molar-refractivity contribution in [3.63, 3.8) is 0 Å². The second-order valence-corrected chi connectivity index (χ2v) is 6.80. The number of carbonyl (C=O) groups is 1. The number of nitrogens with zero attached hydrogens (tertiary/aromatic N) is 6. The number of hydrogen-bond donors (Lipinski definition) is 3. The van der Waals surface area contributed by atoms with Gasteiger partial charge in [-0.1, -0.05) is 30.3 Å². The molecular weight excluding hydrogens is 374 g/mol. The quantitative estimate of drug-likeness (QED) is 0.588. The first kappa shape index (κ1) is 19.0. The molecule has 0 fully saturated rings. The van der Waals surface area contributed by atoms with Gasteiger partial charge in [0.1, 0.15) is 12.2 Å². The first-order valence-electron chi connectivity index (χ1n) is 9.00. The van der Waals surface area contributed by atoms with E-state index in [4.69, 9.17) is 0 Å². The summed E-state index contributed by atoms with van der Waals surface area (Å²) >= 11 is 0. The van der Waals surface area contributed by atoms with Crippen LogP contribution in [0, 0.1) is 0 Å². The summed E-state index contributed by atoms with van der Waals surface area (Å²) in [6.45, 7) is -0.0702. The topological polar surface area (TPSA) is 120 Å². The van der Waals surface area contributed by atoms with Gasteiger partial charge >= 0.3 is 0 Å². The van der Waals surface area contributed by atoms with Crippen LogP contribution >= 0.6 is 0 Å². The maximum atomic E-state index is 12.5. The lowest BCUT2D eigenvalue weighted by Crippen LogP contribution is -2.51. The zero-order valence-corrected chi connectivity index (χ0v) is 16.0. The largest absolute Gasteiger partial charge is 0.372 e. The lowest BCUT2D eigenvalue weighted by atomic mass is 10.1. The number of amides is 1. The van der Waals surface area contributed by atoms with E-state index in [1.54, 1.807) is 30.8 Å². The van der Waals surface area contributed by atoms with Gasteiger partial charge in [-0.2, -0.15) is 0 Å². The third-order valence-corrected chi connectivity index (χ3v) is 4.85. The zero-order chi connectivity index (χ0) is 20.5. The Morgan fingerprint density at radius 2 is 1.86 bits per heavy atom. The molecule has 4 rings (SSSR count). The first-order chi connectivity index (χ1) is 14.0. The van der Waals surface area contributed by atoms with Crippen molar-refractivity contribution in [3.8, 4) is 11.3 Å². The molecule has 0 saturated carbocycles. The van der Waals surface area contributed by atoms with Crippen molar-refractivity contribution < 1.29 is 15.0 Å². The molecule has 2 atom stereocenters. The molecule has 3 N–H and O–H groups in total. The molecule has 1 aliphatic heterocycles. The summed E-state index contributed by atoms with van der Waals surface area (Å²) in [5.74, 6) is 0.410. The smallest absolute Gasteiger partial charge is 0.245 e. The van der Waals surface area contributed by atoms with Crippen molar-refractivity contribution >= 4 is 17.5 Å². The van der Waals surface area contributed by atoms with Gasteiger partial charge in [0.05, 0.1) is 12.0 Å². The Labute approximate surface area is 167 Å². The van der Waals surface area contributed by atoms with Crippen LogP contribution in [0.5, 0.6) is 0 Å². The van der Waals surface area contributed by atoms with Gasteiger partial charge in [0.25, 0.3) is 0 Å². The van der Waals surface area contributed by atoms with Gasteiger partial charge in [-0.3, -0.25) is 4.79 Å². The number of hydrogen-bond acceptors (Lipinski definition) is 8. The molecule has 0 bridgehead atoms. The minimum absolute atomic E-state index is 0.0702. The van der Waals surface area contributed by atoms with Crippen molar-refractivity contribution in [1.82, 2.24) is 24.6 Å². The predicted molar refractivity (Wildman–Crippen MR) is 105 cm³/mol. The molecule has 2 aromatic heterocycles. The number of aliphatic hydroxyl groups excluding tert-OH is 2. The Hall–Kier alpha value is -3.34. The first-order valence-corrected chi connectivity index (χ1v) is 9.00. The molecule has 0 radical (unpaired) electrons. The Bertz CT molecular complexity index is 1010. The summed E-state index contributed by atoms with van der Waals surface area (Å²) in [5.41, 5.74) is 2.08. The molecule has 150 valence electrons. The van der Waals surface area contributed by atoms with E-state index in [9.17, 15) is 15.0 Å². The lowest BCUT2D eigenvalue weighted by molar-refractivity contribution is -0.117. The summed E-state index contributed by atoms with van der Waals surface area (Å²) in [6.07, 6.45) is -0.635. The van der Waals surface area contributed by atoms with Crippen LogP contribution < -0.4 is 10.2 Å². The van der Waals surface area contributed by atoms with E-state index in [-0.39, 0.29) is 12.5 Å². The molecular formula is C19H21N7O3. The van der Waals surface area contributed by atoms with Gasteiger partial charge in [-0.05, 0) is 19.2 Å². The molecule has 2 unspecified atom stereocenters. The maximum absolute atomic E-state index is 12.5. The number of carbonyl (C=O) groups excluding carboxylic acids is 1. The summed E-state index contributed by atoms with van der Waals surface area (Å²) < 4.78 is 1.54. The third kappa shape index (κ3) is 3.56. The van der Waals surface area contributed by atoms with E-state index in [1.165, 1.54) is 16.1 Å². The van der Waals surface area contributed by atoms with Crippen LogP contribution in [0.3, 0.4) is 0 Å². The van der Waals surface area contributed by atoms with Crippen LogP contribution in [0.4, 0.5) is 11.6 Å². The Balaban J connectivity index is 1.47. The monoisotopic (exact) mass is 395 g/mol. The normalized spacial score (nSPS) is 19.1. The maximum Gasteiger partial charge on any atom is 0.245 e.